The Morgan fingerprint density at radius 3 is 2.58 bits per heavy atom. The van der Waals surface area contributed by atoms with Gasteiger partial charge in [-0.25, -0.2) is 4.98 Å². The van der Waals surface area contributed by atoms with Gasteiger partial charge in [0.25, 0.3) is 5.91 Å². The van der Waals surface area contributed by atoms with Crippen LogP contribution in [0.4, 0.5) is 0 Å². The van der Waals surface area contributed by atoms with Crippen LogP contribution in [-0.2, 0) is 6.54 Å². The number of aromatic nitrogens is 1. The van der Waals surface area contributed by atoms with Crippen LogP contribution in [0, 0.1) is 6.92 Å². The van der Waals surface area contributed by atoms with Crippen LogP contribution in [0.1, 0.15) is 21.5 Å². The summed E-state index contributed by atoms with van der Waals surface area (Å²) >= 11 is 0. The van der Waals surface area contributed by atoms with Crippen LogP contribution >= 0.6 is 0 Å². The maximum absolute atomic E-state index is 12.5. The molecule has 0 aliphatic carbocycles. The first-order valence-corrected chi connectivity index (χ1v) is 8.23. The number of carbonyl (C=O) groups is 1. The molecule has 126 valence electrons. The fourth-order valence-electron chi connectivity index (χ4n) is 2.99. The molecular formula is C19H23N3O2. The number of hydrogen-bond acceptors (Lipinski definition) is 4. The van der Waals surface area contributed by atoms with E-state index in [1.54, 1.807) is 25.4 Å². The monoisotopic (exact) mass is 325 g/mol. The lowest BCUT2D eigenvalue weighted by Crippen LogP contribution is -2.48. The molecule has 5 nitrogen and oxygen atoms in total. The van der Waals surface area contributed by atoms with Crippen LogP contribution in [0.3, 0.4) is 0 Å². The molecular weight excluding hydrogens is 302 g/mol. The third kappa shape index (κ3) is 3.92. The van der Waals surface area contributed by atoms with E-state index in [2.05, 4.69) is 41.1 Å². The predicted octanol–water partition coefficient (Wildman–Crippen LogP) is 2.36. The van der Waals surface area contributed by atoms with E-state index >= 15 is 0 Å². The van der Waals surface area contributed by atoms with Gasteiger partial charge >= 0.3 is 0 Å². The van der Waals surface area contributed by atoms with Gasteiger partial charge in [0.2, 0.25) is 5.88 Å². The van der Waals surface area contributed by atoms with Gasteiger partial charge in [0.1, 0.15) is 0 Å². The number of ether oxygens (including phenoxy) is 1. The SMILES string of the molecule is COc1ccc(C(=O)N2CCN(Cc3cccc(C)c3)CC2)cn1. The standard InChI is InChI=1S/C19H23N3O2/c1-15-4-3-5-16(12-15)14-21-8-10-22(11-9-21)19(23)17-6-7-18(24-2)20-13-17/h3-7,12-13H,8-11,14H2,1-2H3. The zero-order valence-corrected chi connectivity index (χ0v) is 14.2. The zero-order chi connectivity index (χ0) is 16.9. The van der Waals surface area contributed by atoms with Crippen LogP contribution < -0.4 is 4.74 Å². The van der Waals surface area contributed by atoms with E-state index in [-0.39, 0.29) is 5.91 Å². The molecule has 1 aromatic carbocycles. The number of hydrogen-bond donors (Lipinski definition) is 0. The second-order valence-electron chi connectivity index (χ2n) is 6.15. The summed E-state index contributed by atoms with van der Waals surface area (Å²) in [6.07, 6.45) is 1.58. The van der Waals surface area contributed by atoms with Gasteiger partial charge < -0.3 is 9.64 Å². The van der Waals surface area contributed by atoms with Crippen molar-refractivity contribution in [3.05, 3.63) is 59.3 Å². The molecule has 0 radical (unpaired) electrons. The molecule has 0 atom stereocenters. The number of methoxy groups -OCH3 is 1. The van der Waals surface area contributed by atoms with Gasteiger partial charge in [0, 0.05) is 45.0 Å². The van der Waals surface area contributed by atoms with Crippen molar-refractivity contribution >= 4 is 5.91 Å². The molecule has 0 saturated carbocycles. The molecule has 2 heterocycles. The molecule has 0 N–H and O–H groups in total. The van der Waals surface area contributed by atoms with E-state index < -0.39 is 0 Å². The summed E-state index contributed by atoms with van der Waals surface area (Å²) in [5.41, 5.74) is 3.23. The van der Waals surface area contributed by atoms with E-state index in [9.17, 15) is 4.79 Å². The Balaban J connectivity index is 1.55. The van der Waals surface area contributed by atoms with Gasteiger partial charge in [-0.05, 0) is 18.6 Å². The Morgan fingerprint density at radius 2 is 1.96 bits per heavy atom. The first-order chi connectivity index (χ1) is 11.7. The van der Waals surface area contributed by atoms with Crippen molar-refractivity contribution in [2.24, 2.45) is 0 Å². The highest BCUT2D eigenvalue weighted by atomic mass is 16.5. The lowest BCUT2D eigenvalue weighted by molar-refractivity contribution is 0.0628. The highest BCUT2D eigenvalue weighted by Gasteiger charge is 2.22. The van der Waals surface area contributed by atoms with E-state index in [1.165, 1.54) is 11.1 Å². The number of pyridine rings is 1. The highest BCUT2D eigenvalue weighted by molar-refractivity contribution is 5.94. The van der Waals surface area contributed by atoms with E-state index in [1.807, 2.05) is 4.90 Å². The first-order valence-electron chi connectivity index (χ1n) is 8.23. The van der Waals surface area contributed by atoms with Gasteiger partial charge in [0.15, 0.2) is 0 Å². The molecule has 1 amide bonds. The topological polar surface area (TPSA) is 45.7 Å². The third-order valence-electron chi connectivity index (χ3n) is 4.34. The average Bonchev–Trinajstić information content (AvgIpc) is 2.62. The molecule has 0 bridgehead atoms. The fraction of sp³-hybridized carbons (Fsp3) is 0.368. The fourth-order valence-corrected chi connectivity index (χ4v) is 2.99. The van der Waals surface area contributed by atoms with E-state index in [4.69, 9.17) is 4.74 Å². The maximum Gasteiger partial charge on any atom is 0.255 e. The smallest absolute Gasteiger partial charge is 0.255 e. The molecule has 24 heavy (non-hydrogen) atoms. The lowest BCUT2D eigenvalue weighted by atomic mass is 10.1. The Labute approximate surface area is 142 Å². The summed E-state index contributed by atoms with van der Waals surface area (Å²) in [4.78, 5) is 20.9. The van der Waals surface area contributed by atoms with Crippen LogP contribution in [0.5, 0.6) is 5.88 Å². The third-order valence-corrected chi connectivity index (χ3v) is 4.34. The molecule has 0 unspecified atom stereocenters. The molecule has 1 fully saturated rings. The molecule has 1 saturated heterocycles. The quantitative estimate of drug-likeness (QED) is 0.866. The number of nitrogens with zero attached hydrogens (tertiary/aromatic N) is 3. The molecule has 1 aliphatic rings. The van der Waals surface area contributed by atoms with Crippen LogP contribution in [0.2, 0.25) is 0 Å². The minimum Gasteiger partial charge on any atom is -0.481 e. The average molecular weight is 325 g/mol. The van der Waals surface area contributed by atoms with Crippen molar-refractivity contribution in [1.29, 1.82) is 0 Å². The second-order valence-corrected chi connectivity index (χ2v) is 6.15. The largest absolute Gasteiger partial charge is 0.481 e. The predicted molar refractivity (Wildman–Crippen MR) is 93.1 cm³/mol. The Hall–Kier alpha value is -2.40. The molecule has 1 aliphatic heterocycles. The van der Waals surface area contributed by atoms with Crippen molar-refractivity contribution in [2.75, 3.05) is 33.3 Å². The molecule has 5 heteroatoms. The number of rotatable bonds is 4. The lowest BCUT2D eigenvalue weighted by Gasteiger charge is -2.34. The van der Waals surface area contributed by atoms with Gasteiger partial charge in [-0.3, -0.25) is 9.69 Å². The highest BCUT2D eigenvalue weighted by Crippen LogP contribution is 2.13. The normalized spacial score (nSPS) is 15.3. The van der Waals surface area contributed by atoms with E-state index in [0.29, 0.717) is 11.4 Å². The number of piperazine rings is 1. The Kier molecular flexibility index (Phi) is 5.11. The first kappa shape index (κ1) is 16.5. The van der Waals surface area contributed by atoms with Crippen molar-refractivity contribution in [1.82, 2.24) is 14.8 Å². The van der Waals surface area contributed by atoms with Crippen LogP contribution in [-0.4, -0.2) is 54.0 Å². The van der Waals surface area contributed by atoms with Crippen molar-refractivity contribution < 1.29 is 9.53 Å². The zero-order valence-electron chi connectivity index (χ0n) is 14.2. The van der Waals surface area contributed by atoms with Gasteiger partial charge in [-0.1, -0.05) is 29.8 Å². The molecule has 2 aromatic rings. The summed E-state index contributed by atoms with van der Waals surface area (Å²) in [5, 5.41) is 0. The van der Waals surface area contributed by atoms with Crippen molar-refractivity contribution in [3.8, 4) is 5.88 Å². The minimum atomic E-state index is 0.0420. The minimum absolute atomic E-state index is 0.0420. The summed E-state index contributed by atoms with van der Waals surface area (Å²) in [6, 6.07) is 12.1. The molecule has 0 spiro atoms. The number of carbonyl (C=O) groups excluding carboxylic acids is 1. The second kappa shape index (κ2) is 7.45. The van der Waals surface area contributed by atoms with Gasteiger partial charge in [-0.15, -0.1) is 0 Å². The summed E-state index contributed by atoms with van der Waals surface area (Å²) in [6.45, 7) is 6.33. The van der Waals surface area contributed by atoms with Crippen LogP contribution in [0.25, 0.3) is 0 Å². The Bertz CT molecular complexity index is 692. The van der Waals surface area contributed by atoms with Crippen LogP contribution in [0.15, 0.2) is 42.6 Å². The molecule has 1 aromatic heterocycles. The summed E-state index contributed by atoms with van der Waals surface area (Å²) < 4.78 is 5.03. The number of benzene rings is 1. The summed E-state index contributed by atoms with van der Waals surface area (Å²) in [7, 11) is 1.57. The Morgan fingerprint density at radius 1 is 1.17 bits per heavy atom. The van der Waals surface area contributed by atoms with E-state index in [0.717, 1.165) is 32.7 Å². The van der Waals surface area contributed by atoms with Crippen molar-refractivity contribution in [2.45, 2.75) is 13.5 Å². The maximum atomic E-state index is 12.5. The summed E-state index contributed by atoms with van der Waals surface area (Å²) in [5.74, 6) is 0.565. The number of aryl methyl sites for hydroxylation is 1. The van der Waals surface area contributed by atoms with Crippen molar-refractivity contribution in [3.63, 3.8) is 0 Å². The number of amides is 1. The molecule has 3 rings (SSSR count). The van der Waals surface area contributed by atoms with Gasteiger partial charge in [0.05, 0.1) is 12.7 Å². The van der Waals surface area contributed by atoms with Gasteiger partial charge in [-0.2, -0.15) is 0 Å².